The first-order valence-corrected chi connectivity index (χ1v) is 10.2. The topological polar surface area (TPSA) is 50.8 Å². The fraction of sp³-hybridized carbons (Fsp3) is 0.435. The Balaban J connectivity index is 1.63. The smallest absolute Gasteiger partial charge is 0.258 e. The summed E-state index contributed by atoms with van der Waals surface area (Å²) in [6.45, 7) is 2.08. The summed E-state index contributed by atoms with van der Waals surface area (Å²) >= 11 is 0. The Bertz CT molecular complexity index is 920. The molecule has 2 aromatic carbocycles. The molecule has 2 aromatic rings. The molecule has 1 amide bonds. The van der Waals surface area contributed by atoms with Gasteiger partial charge in [0, 0.05) is 29.3 Å². The number of rotatable bonds is 3. The van der Waals surface area contributed by atoms with E-state index in [4.69, 9.17) is 9.47 Å². The number of nitrogens with zero attached hydrogens (tertiary/aromatic N) is 1. The second kappa shape index (κ2) is 6.73. The standard InChI is InChI=1S/C23H26N2O3/c1-14-11-15-12-21(27-2)18(13-20(15)28-14)22-24-19-10-6-5-9-17(19)23(26)25(22)16-7-3-4-8-16/h5-6,9-10,12-14,16,22,24H,3-4,7-8,11H2,1-2H3/t14-,22-/m1/s1. The van der Waals surface area contributed by atoms with Gasteiger partial charge in [-0.25, -0.2) is 0 Å². The van der Waals surface area contributed by atoms with Crippen molar-refractivity contribution in [3.63, 3.8) is 0 Å². The number of ether oxygens (including phenoxy) is 2. The molecular weight excluding hydrogens is 352 g/mol. The lowest BCUT2D eigenvalue weighted by atomic mass is 9.98. The predicted octanol–water partition coefficient (Wildman–Crippen LogP) is 4.53. The van der Waals surface area contributed by atoms with Gasteiger partial charge in [-0.2, -0.15) is 0 Å². The molecule has 5 nitrogen and oxygen atoms in total. The Kier molecular flexibility index (Phi) is 4.18. The van der Waals surface area contributed by atoms with Crippen molar-refractivity contribution in [1.29, 1.82) is 0 Å². The highest BCUT2D eigenvalue weighted by atomic mass is 16.5. The van der Waals surface area contributed by atoms with Crippen LogP contribution in [0.2, 0.25) is 0 Å². The number of anilines is 1. The van der Waals surface area contributed by atoms with Crippen molar-refractivity contribution in [1.82, 2.24) is 4.90 Å². The van der Waals surface area contributed by atoms with Gasteiger partial charge in [0.2, 0.25) is 0 Å². The van der Waals surface area contributed by atoms with Crippen LogP contribution in [0.1, 0.15) is 60.3 Å². The van der Waals surface area contributed by atoms with Crippen LogP contribution in [-0.2, 0) is 6.42 Å². The molecule has 2 atom stereocenters. The summed E-state index contributed by atoms with van der Waals surface area (Å²) in [6, 6.07) is 12.2. The van der Waals surface area contributed by atoms with Gasteiger partial charge in [-0.3, -0.25) is 4.79 Å². The molecule has 3 aliphatic rings. The van der Waals surface area contributed by atoms with E-state index in [1.165, 1.54) is 18.4 Å². The zero-order chi connectivity index (χ0) is 19.3. The lowest BCUT2D eigenvalue weighted by Gasteiger charge is -2.42. The number of carbonyl (C=O) groups is 1. The summed E-state index contributed by atoms with van der Waals surface area (Å²) in [5, 5.41) is 3.62. The van der Waals surface area contributed by atoms with Crippen molar-refractivity contribution in [2.75, 3.05) is 12.4 Å². The monoisotopic (exact) mass is 378 g/mol. The van der Waals surface area contributed by atoms with Crippen LogP contribution in [0.4, 0.5) is 5.69 Å². The first-order valence-electron chi connectivity index (χ1n) is 10.2. The number of carbonyl (C=O) groups excluding carboxylic acids is 1. The van der Waals surface area contributed by atoms with E-state index in [1.807, 2.05) is 29.2 Å². The van der Waals surface area contributed by atoms with E-state index >= 15 is 0 Å². The van der Waals surface area contributed by atoms with Gasteiger partial charge in [0.15, 0.2) is 0 Å². The van der Waals surface area contributed by atoms with Gasteiger partial charge < -0.3 is 19.7 Å². The maximum Gasteiger partial charge on any atom is 0.258 e. The van der Waals surface area contributed by atoms with Crippen LogP contribution in [-0.4, -0.2) is 30.1 Å². The van der Waals surface area contributed by atoms with Crippen LogP contribution >= 0.6 is 0 Å². The molecule has 0 radical (unpaired) electrons. The van der Waals surface area contributed by atoms with E-state index in [0.29, 0.717) is 0 Å². The van der Waals surface area contributed by atoms with E-state index in [2.05, 4.69) is 24.4 Å². The molecule has 0 unspecified atom stereocenters. The number of fused-ring (bicyclic) bond motifs is 2. The predicted molar refractivity (Wildman–Crippen MR) is 108 cm³/mol. The number of para-hydroxylation sites is 1. The van der Waals surface area contributed by atoms with Gasteiger partial charge in [0.1, 0.15) is 23.8 Å². The quantitative estimate of drug-likeness (QED) is 0.853. The molecular formula is C23H26N2O3. The highest BCUT2D eigenvalue weighted by Crippen LogP contribution is 2.44. The lowest BCUT2D eigenvalue weighted by molar-refractivity contribution is 0.0582. The third-order valence-corrected chi connectivity index (χ3v) is 6.22. The summed E-state index contributed by atoms with van der Waals surface area (Å²) in [6.07, 6.45) is 5.24. The van der Waals surface area contributed by atoms with E-state index in [-0.39, 0.29) is 24.2 Å². The van der Waals surface area contributed by atoms with E-state index in [9.17, 15) is 4.79 Å². The second-order valence-corrected chi connectivity index (χ2v) is 8.08. The van der Waals surface area contributed by atoms with E-state index in [1.54, 1.807) is 7.11 Å². The minimum absolute atomic E-state index is 0.100. The third-order valence-electron chi connectivity index (χ3n) is 6.22. The summed E-state index contributed by atoms with van der Waals surface area (Å²) in [5.74, 6) is 1.81. The fourth-order valence-corrected chi connectivity index (χ4v) is 4.90. The highest BCUT2D eigenvalue weighted by molar-refractivity contribution is 6.02. The van der Waals surface area contributed by atoms with Gasteiger partial charge >= 0.3 is 0 Å². The Morgan fingerprint density at radius 1 is 1.18 bits per heavy atom. The maximum absolute atomic E-state index is 13.5. The highest BCUT2D eigenvalue weighted by Gasteiger charge is 2.40. The van der Waals surface area contributed by atoms with Crippen LogP contribution in [0.5, 0.6) is 11.5 Å². The van der Waals surface area contributed by atoms with Gasteiger partial charge in [0.25, 0.3) is 5.91 Å². The van der Waals surface area contributed by atoms with Crippen molar-refractivity contribution in [2.45, 2.75) is 57.3 Å². The van der Waals surface area contributed by atoms with Gasteiger partial charge in [-0.1, -0.05) is 25.0 Å². The third kappa shape index (κ3) is 2.72. The average molecular weight is 378 g/mol. The molecule has 1 saturated carbocycles. The van der Waals surface area contributed by atoms with Crippen LogP contribution in [0.3, 0.4) is 0 Å². The molecule has 0 bridgehead atoms. The number of benzene rings is 2. The SMILES string of the molecule is COc1cc2c(cc1[C@@H]1Nc3ccccc3C(=O)N1C1CCCC1)O[C@H](C)C2. The van der Waals surface area contributed by atoms with Gasteiger partial charge in [-0.15, -0.1) is 0 Å². The summed E-state index contributed by atoms with van der Waals surface area (Å²) < 4.78 is 11.8. The van der Waals surface area contributed by atoms with Crippen LogP contribution < -0.4 is 14.8 Å². The number of hydrogen-bond donors (Lipinski definition) is 1. The number of amides is 1. The Morgan fingerprint density at radius 2 is 1.96 bits per heavy atom. The molecule has 1 aliphatic carbocycles. The molecule has 28 heavy (non-hydrogen) atoms. The Hall–Kier alpha value is -2.69. The summed E-state index contributed by atoms with van der Waals surface area (Å²) in [5.41, 5.74) is 3.76. The number of hydrogen-bond acceptors (Lipinski definition) is 4. The minimum atomic E-state index is -0.259. The lowest BCUT2D eigenvalue weighted by Crippen LogP contribution is -2.47. The number of nitrogens with one attached hydrogen (secondary N) is 1. The van der Waals surface area contributed by atoms with Crippen molar-refractivity contribution >= 4 is 11.6 Å². The number of methoxy groups -OCH3 is 1. The minimum Gasteiger partial charge on any atom is -0.496 e. The van der Waals surface area contributed by atoms with Crippen LogP contribution in [0.15, 0.2) is 36.4 Å². The first kappa shape index (κ1) is 17.4. The normalized spacial score (nSPS) is 23.8. The zero-order valence-corrected chi connectivity index (χ0v) is 16.4. The summed E-state index contributed by atoms with van der Waals surface area (Å²) in [7, 11) is 1.70. The average Bonchev–Trinajstić information content (AvgIpc) is 3.35. The molecule has 5 rings (SSSR count). The van der Waals surface area contributed by atoms with E-state index in [0.717, 1.165) is 47.6 Å². The molecule has 1 N–H and O–H groups in total. The zero-order valence-electron chi connectivity index (χ0n) is 16.4. The van der Waals surface area contributed by atoms with Crippen molar-refractivity contribution in [3.8, 4) is 11.5 Å². The molecule has 1 fully saturated rings. The van der Waals surface area contributed by atoms with Gasteiger partial charge in [0.05, 0.1) is 12.7 Å². The van der Waals surface area contributed by atoms with Gasteiger partial charge in [-0.05, 0) is 44.0 Å². The van der Waals surface area contributed by atoms with Crippen molar-refractivity contribution in [2.24, 2.45) is 0 Å². The molecule has 5 heteroatoms. The largest absolute Gasteiger partial charge is 0.496 e. The fourth-order valence-electron chi connectivity index (χ4n) is 4.90. The molecule has 0 saturated heterocycles. The maximum atomic E-state index is 13.5. The Morgan fingerprint density at radius 3 is 2.75 bits per heavy atom. The van der Waals surface area contributed by atoms with Crippen molar-refractivity contribution < 1.29 is 14.3 Å². The molecule has 2 heterocycles. The Labute approximate surface area is 165 Å². The molecule has 0 aromatic heterocycles. The second-order valence-electron chi connectivity index (χ2n) is 8.08. The first-order chi connectivity index (χ1) is 13.7. The van der Waals surface area contributed by atoms with Crippen molar-refractivity contribution in [3.05, 3.63) is 53.1 Å². The van der Waals surface area contributed by atoms with Crippen LogP contribution in [0.25, 0.3) is 0 Å². The molecule has 2 aliphatic heterocycles. The van der Waals surface area contributed by atoms with E-state index < -0.39 is 0 Å². The van der Waals surface area contributed by atoms with Crippen LogP contribution in [0, 0.1) is 0 Å². The molecule has 0 spiro atoms. The molecule has 146 valence electrons. The summed E-state index contributed by atoms with van der Waals surface area (Å²) in [4.78, 5) is 15.5.